The number of hydrogen-bond donors (Lipinski definition) is 2. The summed E-state index contributed by atoms with van der Waals surface area (Å²) in [6.45, 7) is 10.9. The maximum absolute atomic E-state index is 14.4. The fraction of sp³-hybridized carbons (Fsp3) is 0.588. The molecule has 0 aliphatic carbocycles. The van der Waals surface area contributed by atoms with E-state index in [1.807, 2.05) is 26.0 Å². The first kappa shape index (κ1) is 17.5. The zero-order chi connectivity index (χ0) is 16.8. The number of piperazine rings is 1. The van der Waals surface area contributed by atoms with E-state index in [0.717, 1.165) is 38.3 Å². The SMILES string of the molecule is CCN1CCN(c2ccc(CNC(=O)NC(C)C)cc2F)CC1. The summed E-state index contributed by atoms with van der Waals surface area (Å²) in [6.07, 6.45) is 0. The van der Waals surface area contributed by atoms with E-state index in [-0.39, 0.29) is 17.9 Å². The van der Waals surface area contributed by atoms with E-state index in [9.17, 15) is 9.18 Å². The van der Waals surface area contributed by atoms with Crippen LogP contribution in [0.3, 0.4) is 0 Å². The Morgan fingerprint density at radius 3 is 2.52 bits per heavy atom. The summed E-state index contributed by atoms with van der Waals surface area (Å²) in [4.78, 5) is 16.0. The molecule has 1 aliphatic heterocycles. The Labute approximate surface area is 137 Å². The molecule has 0 bridgehead atoms. The van der Waals surface area contributed by atoms with Gasteiger partial charge in [-0.2, -0.15) is 0 Å². The van der Waals surface area contributed by atoms with Crippen molar-refractivity contribution in [3.63, 3.8) is 0 Å². The molecule has 1 aromatic rings. The minimum absolute atomic E-state index is 0.0795. The third-order valence-corrected chi connectivity index (χ3v) is 4.05. The molecule has 0 atom stereocenters. The van der Waals surface area contributed by atoms with Gasteiger partial charge in [0.05, 0.1) is 5.69 Å². The molecule has 2 amide bonds. The van der Waals surface area contributed by atoms with Crippen LogP contribution in [0.4, 0.5) is 14.9 Å². The molecule has 2 rings (SSSR count). The third kappa shape index (κ3) is 5.10. The van der Waals surface area contributed by atoms with Crippen LogP contribution in [0.25, 0.3) is 0 Å². The van der Waals surface area contributed by atoms with Gasteiger partial charge in [0.2, 0.25) is 0 Å². The zero-order valence-corrected chi connectivity index (χ0v) is 14.2. The molecular formula is C17H27FN4O. The predicted octanol–water partition coefficient (Wildman–Crippen LogP) is 2.18. The second kappa shape index (κ2) is 8.15. The van der Waals surface area contributed by atoms with E-state index in [4.69, 9.17) is 0 Å². The fourth-order valence-electron chi connectivity index (χ4n) is 2.72. The zero-order valence-electron chi connectivity index (χ0n) is 14.2. The molecule has 23 heavy (non-hydrogen) atoms. The van der Waals surface area contributed by atoms with Crippen LogP contribution in [0.5, 0.6) is 0 Å². The topological polar surface area (TPSA) is 47.6 Å². The predicted molar refractivity (Wildman–Crippen MR) is 91.2 cm³/mol. The van der Waals surface area contributed by atoms with Crippen molar-refractivity contribution in [1.82, 2.24) is 15.5 Å². The van der Waals surface area contributed by atoms with E-state index >= 15 is 0 Å². The van der Waals surface area contributed by atoms with E-state index < -0.39 is 0 Å². The summed E-state index contributed by atoms with van der Waals surface area (Å²) >= 11 is 0. The van der Waals surface area contributed by atoms with Gasteiger partial charge < -0.3 is 20.4 Å². The van der Waals surface area contributed by atoms with Crippen molar-refractivity contribution >= 4 is 11.7 Å². The largest absolute Gasteiger partial charge is 0.367 e. The van der Waals surface area contributed by atoms with Crippen molar-refractivity contribution in [3.05, 3.63) is 29.6 Å². The fourth-order valence-corrected chi connectivity index (χ4v) is 2.72. The Kier molecular flexibility index (Phi) is 6.21. The molecular weight excluding hydrogens is 295 g/mol. The molecule has 0 aromatic heterocycles. The molecule has 1 heterocycles. The normalized spacial score (nSPS) is 15.8. The lowest BCUT2D eigenvalue weighted by Crippen LogP contribution is -2.46. The number of urea groups is 1. The van der Waals surface area contributed by atoms with Crippen LogP contribution in [-0.2, 0) is 6.54 Å². The number of hydrogen-bond acceptors (Lipinski definition) is 3. The molecule has 128 valence electrons. The number of likely N-dealkylation sites (N-methyl/N-ethyl adjacent to an activating group) is 1. The molecule has 0 radical (unpaired) electrons. The van der Waals surface area contributed by atoms with Crippen LogP contribution in [0.1, 0.15) is 26.3 Å². The quantitative estimate of drug-likeness (QED) is 0.873. The first-order valence-electron chi connectivity index (χ1n) is 8.29. The van der Waals surface area contributed by atoms with Crippen molar-refractivity contribution in [1.29, 1.82) is 0 Å². The Morgan fingerprint density at radius 2 is 1.96 bits per heavy atom. The standard InChI is InChI=1S/C17H27FN4O/c1-4-21-7-9-22(10-8-21)16-6-5-14(11-15(16)18)12-19-17(23)20-13(2)3/h5-6,11,13H,4,7-10,12H2,1-3H3,(H2,19,20,23). The molecule has 2 N–H and O–H groups in total. The van der Waals surface area contributed by atoms with Gasteiger partial charge in [0.15, 0.2) is 0 Å². The van der Waals surface area contributed by atoms with Crippen LogP contribution >= 0.6 is 0 Å². The van der Waals surface area contributed by atoms with Crippen LogP contribution in [0.2, 0.25) is 0 Å². The lowest BCUT2D eigenvalue weighted by atomic mass is 10.1. The van der Waals surface area contributed by atoms with Crippen molar-refractivity contribution in [3.8, 4) is 0 Å². The molecule has 1 fully saturated rings. The summed E-state index contributed by atoms with van der Waals surface area (Å²) in [5.41, 5.74) is 1.41. The Hall–Kier alpha value is -1.82. The molecule has 0 unspecified atom stereocenters. The monoisotopic (exact) mass is 322 g/mol. The second-order valence-electron chi connectivity index (χ2n) is 6.19. The van der Waals surface area contributed by atoms with Gasteiger partial charge in [-0.05, 0) is 38.1 Å². The van der Waals surface area contributed by atoms with E-state index in [0.29, 0.717) is 12.2 Å². The van der Waals surface area contributed by atoms with Gasteiger partial charge >= 0.3 is 6.03 Å². The first-order chi connectivity index (χ1) is 11.0. The van der Waals surface area contributed by atoms with E-state index in [1.54, 1.807) is 0 Å². The average molecular weight is 322 g/mol. The number of amides is 2. The smallest absolute Gasteiger partial charge is 0.315 e. The summed E-state index contributed by atoms with van der Waals surface area (Å²) in [7, 11) is 0. The van der Waals surface area contributed by atoms with E-state index in [2.05, 4.69) is 27.4 Å². The summed E-state index contributed by atoms with van der Waals surface area (Å²) < 4.78 is 14.4. The third-order valence-electron chi connectivity index (χ3n) is 4.05. The number of anilines is 1. The van der Waals surface area contributed by atoms with Crippen LogP contribution < -0.4 is 15.5 Å². The van der Waals surface area contributed by atoms with Gasteiger partial charge in [0, 0.05) is 38.8 Å². The molecule has 5 nitrogen and oxygen atoms in total. The molecule has 1 aliphatic rings. The molecule has 1 aromatic carbocycles. The second-order valence-corrected chi connectivity index (χ2v) is 6.19. The highest BCUT2D eigenvalue weighted by Gasteiger charge is 2.18. The number of benzene rings is 1. The van der Waals surface area contributed by atoms with Crippen LogP contribution in [0, 0.1) is 5.82 Å². The Morgan fingerprint density at radius 1 is 1.26 bits per heavy atom. The number of nitrogens with one attached hydrogen (secondary N) is 2. The van der Waals surface area contributed by atoms with Gasteiger partial charge in [0.1, 0.15) is 5.82 Å². The van der Waals surface area contributed by atoms with Gasteiger partial charge in [-0.1, -0.05) is 13.0 Å². The van der Waals surface area contributed by atoms with Crippen molar-refractivity contribution in [2.75, 3.05) is 37.6 Å². The van der Waals surface area contributed by atoms with Gasteiger partial charge in [-0.25, -0.2) is 9.18 Å². The number of rotatable bonds is 5. The number of carbonyl (C=O) groups is 1. The highest BCUT2D eigenvalue weighted by atomic mass is 19.1. The average Bonchev–Trinajstić information content (AvgIpc) is 2.52. The molecule has 1 saturated heterocycles. The Balaban J connectivity index is 1.92. The van der Waals surface area contributed by atoms with Crippen molar-refractivity contribution in [2.45, 2.75) is 33.4 Å². The van der Waals surface area contributed by atoms with Gasteiger partial charge in [0.25, 0.3) is 0 Å². The highest BCUT2D eigenvalue weighted by Crippen LogP contribution is 2.22. The minimum atomic E-state index is -0.236. The number of nitrogens with zero attached hydrogens (tertiary/aromatic N) is 2. The summed E-state index contributed by atoms with van der Waals surface area (Å²) in [5, 5.41) is 5.48. The number of carbonyl (C=O) groups excluding carboxylic acids is 1. The van der Waals surface area contributed by atoms with Crippen LogP contribution in [0.15, 0.2) is 18.2 Å². The summed E-state index contributed by atoms with van der Waals surface area (Å²) in [6, 6.07) is 5.04. The van der Waals surface area contributed by atoms with Gasteiger partial charge in [-0.3, -0.25) is 0 Å². The van der Waals surface area contributed by atoms with Crippen LogP contribution in [-0.4, -0.2) is 49.7 Å². The lowest BCUT2D eigenvalue weighted by Gasteiger charge is -2.35. The van der Waals surface area contributed by atoms with Crippen molar-refractivity contribution < 1.29 is 9.18 Å². The maximum atomic E-state index is 14.4. The molecule has 0 saturated carbocycles. The summed E-state index contributed by atoms with van der Waals surface area (Å²) in [5.74, 6) is -0.224. The number of halogens is 1. The minimum Gasteiger partial charge on any atom is -0.367 e. The molecule has 6 heteroatoms. The molecule has 0 spiro atoms. The maximum Gasteiger partial charge on any atom is 0.315 e. The van der Waals surface area contributed by atoms with Gasteiger partial charge in [-0.15, -0.1) is 0 Å². The lowest BCUT2D eigenvalue weighted by molar-refractivity contribution is 0.238. The Bertz CT molecular complexity index is 527. The van der Waals surface area contributed by atoms with Crippen molar-refractivity contribution in [2.24, 2.45) is 0 Å². The van der Waals surface area contributed by atoms with E-state index in [1.165, 1.54) is 6.07 Å². The first-order valence-corrected chi connectivity index (χ1v) is 8.29. The highest BCUT2D eigenvalue weighted by molar-refractivity contribution is 5.74.